The maximum Gasteiger partial charge on any atom is 0.330 e. The molecule has 0 bridgehead atoms. The van der Waals surface area contributed by atoms with Gasteiger partial charge in [-0.2, -0.15) is 0 Å². The van der Waals surface area contributed by atoms with E-state index in [0.29, 0.717) is 11.7 Å². The summed E-state index contributed by atoms with van der Waals surface area (Å²) in [5.41, 5.74) is 1.98. The number of nitrogens with zero attached hydrogens (tertiary/aromatic N) is 3. The maximum absolute atomic E-state index is 11.1. The van der Waals surface area contributed by atoms with Crippen molar-refractivity contribution in [2.24, 2.45) is 0 Å². The zero-order chi connectivity index (χ0) is 20.1. The van der Waals surface area contributed by atoms with Gasteiger partial charge in [-0.05, 0) is 28.8 Å². The minimum Gasteiger partial charge on any atom is -0.466 e. The van der Waals surface area contributed by atoms with Crippen molar-refractivity contribution in [2.45, 2.75) is 19.0 Å². The van der Waals surface area contributed by atoms with Gasteiger partial charge >= 0.3 is 5.97 Å². The summed E-state index contributed by atoms with van der Waals surface area (Å²) in [6, 6.07) is 15.4. The Morgan fingerprint density at radius 2 is 2.07 bits per heavy atom. The lowest BCUT2D eigenvalue weighted by Crippen LogP contribution is -2.26. The molecule has 1 atom stereocenters. The second-order valence-electron chi connectivity index (χ2n) is 7.19. The van der Waals surface area contributed by atoms with E-state index in [2.05, 4.69) is 67.4 Å². The lowest BCUT2D eigenvalue weighted by Gasteiger charge is -2.18. The highest BCUT2D eigenvalue weighted by atomic mass is 16.5. The number of anilines is 1. The van der Waals surface area contributed by atoms with Crippen LogP contribution in [0.1, 0.15) is 17.7 Å². The van der Waals surface area contributed by atoms with Gasteiger partial charge in [0, 0.05) is 31.8 Å². The smallest absolute Gasteiger partial charge is 0.330 e. The monoisotopic (exact) mass is 388 g/mol. The average molecular weight is 388 g/mol. The van der Waals surface area contributed by atoms with Gasteiger partial charge < -0.3 is 10.1 Å². The number of ether oxygens (including phenoxy) is 1. The van der Waals surface area contributed by atoms with Crippen molar-refractivity contribution in [3.63, 3.8) is 0 Å². The Balaban J connectivity index is 1.34. The van der Waals surface area contributed by atoms with Crippen LogP contribution < -0.4 is 5.32 Å². The SMILES string of the molecule is COC(=O)/C=C/c1cnc(N[C@@H]2CCN(Cc3cccc4ccccc34)C2)cn1. The van der Waals surface area contributed by atoms with Crippen molar-refractivity contribution in [1.82, 2.24) is 14.9 Å². The minimum absolute atomic E-state index is 0.343. The molecule has 0 amide bonds. The normalized spacial score (nSPS) is 17.1. The van der Waals surface area contributed by atoms with E-state index in [0.717, 1.165) is 31.9 Å². The highest BCUT2D eigenvalue weighted by molar-refractivity contribution is 5.86. The van der Waals surface area contributed by atoms with Crippen LogP contribution in [-0.2, 0) is 16.1 Å². The summed E-state index contributed by atoms with van der Waals surface area (Å²) >= 11 is 0. The van der Waals surface area contributed by atoms with Crippen molar-refractivity contribution in [1.29, 1.82) is 0 Å². The lowest BCUT2D eigenvalue weighted by atomic mass is 10.0. The van der Waals surface area contributed by atoms with Crippen LogP contribution >= 0.6 is 0 Å². The molecule has 0 saturated carbocycles. The highest BCUT2D eigenvalue weighted by Crippen LogP contribution is 2.22. The number of nitrogens with one attached hydrogen (secondary N) is 1. The first-order chi connectivity index (χ1) is 14.2. The number of carbonyl (C=O) groups is 1. The Bertz CT molecular complexity index is 1010. The van der Waals surface area contributed by atoms with Crippen molar-refractivity contribution >= 4 is 28.6 Å². The molecule has 0 unspecified atom stereocenters. The Labute approximate surface area is 170 Å². The average Bonchev–Trinajstić information content (AvgIpc) is 3.20. The summed E-state index contributed by atoms with van der Waals surface area (Å²) in [5, 5.41) is 6.08. The van der Waals surface area contributed by atoms with E-state index >= 15 is 0 Å². The number of esters is 1. The fourth-order valence-electron chi connectivity index (χ4n) is 3.69. The van der Waals surface area contributed by atoms with Gasteiger partial charge in [0.1, 0.15) is 5.82 Å². The molecular formula is C23H24N4O2. The molecule has 1 aliphatic heterocycles. The number of likely N-dealkylation sites (tertiary alicyclic amines) is 1. The number of rotatable bonds is 6. The van der Waals surface area contributed by atoms with Gasteiger partial charge in [0.2, 0.25) is 0 Å². The van der Waals surface area contributed by atoms with E-state index in [1.54, 1.807) is 18.5 Å². The third kappa shape index (κ3) is 4.78. The zero-order valence-corrected chi connectivity index (χ0v) is 16.4. The minimum atomic E-state index is -0.411. The van der Waals surface area contributed by atoms with Gasteiger partial charge in [-0.3, -0.25) is 9.88 Å². The van der Waals surface area contributed by atoms with Gasteiger partial charge in [0.25, 0.3) is 0 Å². The van der Waals surface area contributed by atoms with Crippen molar-refractivity contribution < 1.29 is 9.53 Å². The molecule has 1 N–H and O–H groups in total. The molecule has 1 fully saturated rings. The van der Waals surface area contributed by atoms with Crippen LogP contribution in [0.2, 0.25) is 0 Å². The van der Waals surface area contributed by atoms with Gasteiger partial charge in [-0.1, -0.05) is 42.5 Å². The number of fused-ring (bicyclic) bond motifs is 1. The first-order valence-electron chi connectivity index (χ1n) is 9.75. The number of hydrogen-bond acceptors (Lipinski definition) is 6. The summed E-state index contributed by atoms with van der Waals surface area (Å²) in [6.45, 7) is 2.96. The van der Waals surface area contributed by atoms with E-state index in [-0.39, 0.29) is 0 Å². The standard InChI is InChI=1S/C23H24N4O2/c1-29-23(28)10-9-19-13-25-22(14-24-19)26-20-11-12-27(16-20)15-18-7-4-6-17-5-2-3-8-21(17)18/h2-10,13-14,20H,11-12,15-16H2,1H3,(H,25,26)/b10-9+/t20-/m1/s1. The summed E-state index contributed by atoms with van der Waals surface area (Å²) in [7, 11) is 1.34. The predicted molar refractivity (Wildman–Crippen MR) is 114 cm³/mol. The molecule has 1 aromatic heterocycles. The van der Waals surface area contributed by atoms with Gasteiger partial charge in [-0.15, -0.1) is 0 Å². The molecule has 4 rings (SSSR count). The van der Waals surface area contributed by atoms with Crippen LogP contribution in [0.4, 0.5) is 5.82 Å². The van der Waals surface area contributed by atoms with E-state index in [4.69, 9.17) is 0 Å². The van der Waals surface area contributed by atoms with Crippen LogP contribution in [0.3, 0.4) is 0 Å². The molecule has 1 saturated heterocycles. The summed E-state index contributed by atoms with van der Waals surface area (Å²) in [6.07, 6.45) is 7.33. The fraction of sp³-hybridized carbons (Fsp3) is 0.261. The zero-order valence-electron chi connectivity index (χ0n) is 16.4. The van der Waals surface area contributed by atoms with Gasteiger partial charge in [-0.25, -0.2) is 9.78 Å². The Morgan fingerprint density at radius 1 is 1.21 bits per heavy atom. The predicted octanol–water partition coefficient (Wildman–Crippen LogP) is 3.50. The van der Waals surface area contributed by atoms with E-state index in [1.807, 2.05) is 0 Å². The second kappa shape index (κ2) is 8.84. The van der Waals surface area contributed by atoms with Crippen LogP contribution in [0.15, 0.2) is 60.9 Å². The number of methoxy groups -OCH3 is 1. The molecule has 6 nitrogen and oxygen atoms in total. The molecule has 148 valence electrons. The Hall–Kier alpha value is -3.25. The van der Waals surface area contributed by atoms with Crippen LogP contribution in [0.5, 0.6) is 0 Å². The number of aromatic nitrogens is 2. The Kier molecular flexibility index (Phi) is 5.81. The third-order valence-electron chi connectivity index (χ3n) is 5.16. The maximum atomic E-state index is 11.1. The quantitative estimate of drug-likeness (QED) is 0.515. The third-order valence-corrected chi connectivity index (χ3v) is 5.16. The fourth-order valence-corrected chi connectivity index (χ4v) is 3.69. The molecule has 0 spiro atoms. The van der Waals surface area contributed by atoms with Crippen LogP contribution in [0, 0.1) is 0 Å². The van der Waals surface area contributed by atoms with Crippen molar-refractivity contribution in [3.8, 4) is 0 Å². The summed E-state index contributed by atoms with van der Waals surface area (Å²) < 4.78 is 4.57. The Morgan fingerprint density at radius 3 is 2.90 bits per heavy atom. The summed E-state index contributed by atoms with van der Waals surface area (Å²) in [5.74, 6) is 0.337. The first-order valence-corrected chi connectivity index (χ1v) is 9.75. The summed E-state index contributed by atoms with van der Waals surface area (Å²) in [4.78, 5) is 22.3. The molecule has 2 aromatic carbocycles. The molecule has 0 aliphatic carbocycles. The van der Waals surface area contributed by atoms with Gasteiger partial charge in [0.05, 0.1) is 25.2 Å². The molecule has 6 heteroatoms. The van der Waals surface area contributed by atoms with E-state index in [9.17, 15) is 4.79 Å². The number of benzene rings is 2. The molecule has 29 heavy (non-hydrogen) atoms. The highest BCUT2D eigenvalue weighted by Gasteiger charge is 2.23. The van der Waals surface area contributed by atoms with Crippen LogP contribution in [0.25, 0.3) is 16.8 Å². The molecule has 2 heterocycles. The molecular weight excluding hydrogens is 364 g/mol. The van der Waals surface area contributed by atoms with E-state index in [1.165, 1.54) is 29.5 Å². The molecule has 3 aromatic rings. The second-order valence-corrected chi connectivity index (χ2v) is 7.19. The topological polar surface area (TPSA) is 67.3 Å². The number of hydrogen-bond donors (Lipinski definition) is 1. The van der Waals surface area contributed by atoms with E-state index < -0.39 is 5.97 Å². The first kappa shape index (κ1) is 19.1. The van der Waals surface area contributed by atoms with Crippen molar-refractivity contribution in [2.75, 3.05) is 25.5 Å². The van der Waals surface area contributed by atoms with Gasteiger partial charge in [0.15, 0.2) is 0 Å². The largest absolute Gasteiger partial charge is 0.466 e. The molecule has 1 aliphatic rings. The van der Waals surface area contributed by atoms with Crippen LogP contribution in [-0.4, -0.2) is 47.1 Å². The lowest BCUT2D eigenvalue weighted by molar-refractivity contribution is -0.134. The number of carbonyl (C=O) groups excluding carboxylic acids is 1. The molecule has 0 radical (unpaired) electrons. The van der Waals surface area contributed by atoms with Crippen molar-refractivity contribution in [3.05, 3.63) is 72.2 Å².